The van der Waals surface area contributed by atoms with Crippen LogP contribution in [-0.4, -0.2) is 38.6 Å². The lowest BCUT2D eigenvalue weighted by Gasteiger charge is -2.16. The highest BCUT2D eigenvalue weighted by atomic mass is 35.5. The predicted octanol–water partition coefficient (Wildman–Crippen LogP) is 4.41. The Balaban J connectivity index is 1.87. The topological polar surface area (TPSA) is 102 Å². The minimum Gasteiger partial charge on any atom is -0.355 e. The molecule has 0 aliphatic carbocycles. The highest BCUT2D eigenvalue weighted by molar-refractivity contribution is 6.32. The largest absolute Gasteiger partial charge is 0.435 e. The van der Waals surface area contributed by atoms with Crippen molar-refractivity contribution < 1.29 is 22.8 Å². The van der Waals surface area contributed by atoms with E-state index in [1.165, 1.54) is 25.4 Å². The minimum absolute atomic E-state index is 0.00705. The fourth-order valence-electron chi connectivity index (χ4n) is 3.43. The van der Waals surface area contributed by atoms with E-state index in [0.29, 0.717) is 22.5 Å². The number of pyridine rings is 2. The average molecular weight is 489 g/mol. The second-order valence-electron chi connectivity index (χ2n) is 7.18. The number of alkyl halides is 3. The number of rotatable bonds is 4. The van der Waals surface area contributed by atoms with Crippen LogP contribution in [0.2, 0.25) is 5.02 Å². The number of carbonyl (C=O) groups excluding carboxylic acids is 2. The third-order valence-electron chi connectivity index (χ3n) is 4.97. The smallest absolute Gasteiger partial charge is 0.355 e. The van der Waals surface area contributed by atoms with Crippen LogP contribution < -0.4 is 10.6 Å². The van der Waals surface area contributed by atoms with Gasteiger partial charge in [0.2, 0.25) is 0 Å². The maximum Gasteiger partial charge on any atom is 0.435 e. The minimum atomic E-state index is -4.82. The van der Waals surface area contributed by atoms with E-state index < -0.39 is 29.4 Å². The van der Waals surface area contributed by atoms with E-state index in [2.05, 4.69) is 25.7 Å². The van der Waals surface area contributed by atoms with Gasteiger partial charge in [-0.1, -0.05) is 17.7 Å². The van der Waals surface area contributed by atoms with Crippen LogP contribution in [0.3, 0.4) is 0 Å². The van der Waals surface area contributed by atoms with Crippen molar-refractivity contribution in [1.29, 1.82) is 0 Å². The summed E-state index contributed by atoms with van der Waals surface area (Å²) < 4.78 is 41.0. The van der Waals surface area contributed by atoms with E-state index in [1.807, 2.05) is 0 Å². The molecular weight excluding hydrogens is 473 g/mol. The lowest BCUT2D eigenvalue weighted by Crippen LogP contribution is -2.24. The lowest BCUT2D eigenvalue weighted by atomic mass is 10.0. The van der Waals surface area contributed by atoms with E-state index >= 15 is 0 Å². The van der Waals surface area contributed by atoms with Gasteiger partial charge in [0.25, 0.3) is 11.8 Å². The van der Waals surface area contributed by atoms with Crippen molar-refractivity contribution >= 4 is 40.0 Å². The van der Waals surface area contributed by atoms with Crippen LogP contribution in [0.5, 0.6) is 0 Å². The number of hydrogen-bond donors (Lipinski definition) is 2. The Bertz CT molecular complexity index is 1430. The molecule has 3 aromatic heterocycles. The first-order chi connectivity index (χ1) is 16.1. The Labute approximate surface area is 195 Å². The van der Waals surface area contributed by atoms with E-state index in [4.69, 9.17) is 11.6 Å². The monoisotopic (exact) mass is 488 g/mol. The summed E-state index contributed by atoms with van der Waals surface area (Å²) >= 11 is 6.10. The molecule has 0 spiro atoms. The molecule has 4 aromatic rings. The number of halogens is 4. The predicted molar refractivity (Wildman–Crippen MR) is 119 cm³/mol. The number of amides is 2. The number of hydrogen-bond acceptors (Lipinski definition) is 5. The quantitative estimate of drug-likeness (QED) is 0.443. The van der Waals surface area contributed by atoms with Gasteiger partial charge in [0.1, 0.15) is 5.69 Å². The van der Waals surface area contributed by atoms with Gasteiger partial charge in [-0.25, -0.2) is 9.67 Å². The molecule has 34 heavy (non-hydrogen) atoms. The third-order valence-corrected chi connectivity index (χ3v) is 5.27. The first-order valence-corrected chi connectivity index (χ1v) is 10.2. The zero-order valence-electron chi connectivity index (χ0n) is 17.7. The Kier molecular flexibility index (Phi) is 5.96. The van der Waals surface area contributed by atoms with E-state index in [1.54, 1.807) is 31.3 Å². The molecule has 0 saturated carbocycles. The molecule has 0 fully saturated rings. The number of anilines is 1. The summed E-state index contributed by atoms with van der Waals surface area (Å²) in [6.45, 7) is 1.64. The Morgan fingerprint density at radius 3 is 2.44 bits per heavy atom. The number of aryl methyl sites for hydroxylation is 1. The van der Waals surface area contributed by atoms with Gasteiger partial charge in [-0.2, -0.15) is 18.3 Å². The molecule has 0 saturated heterocycles. The SMILES string of the molecule is CNC(=O)c1c(NC(=O)c2cc(C(F)(F)F)nn2-c2ncccc2Cl)c(C)cc2ncccc12. The Hall–Kier alpha value is -3.99. The molecule has 2 amide bonds. The zero-order chi connectivity index (χ0) is 24.6. The summed E-state index contributed by atoms with van der Waals surface area (Å²) in [6.07, 6.45) is -1.96. The van der Waals surface area contributed by atoms with Crippen LogP contribution in [0.15, 0.2) is 48.8 Å². The fourth-order valence-corrected chi connectivity index (χ4v) is 3.63. The van der Waals surface area contributed by atoms with Crippen LogP contribution >= 0.6 is 11.6 Å². The van der Waals surface area contributed by atoms with Crippen molar-refractivity contribution in [2.75, 3.05) is 12.4 Å². The molecule has 0 aliphatic heterocycles. The molecule has 1 aromatic carbocycles. The first kappa shape index (κ1) is 23.2. The summed E-state index contributed by atoms with van der Waals surface area (Å²) in [5.41, 5.74) is -0.528. The molecular formula is C22H16ClF3N6O2. The summed E-state index contributed by atoms with van der Waals surface area (Å²) in [4.78, 5) is 34.2. The normalized spacial score (nSPS) is 11.5. The van der Waals surface area contributed by atoms with Gasteiger partial charge in [0.05, 0.1) is 21.8 Å². The van der Waals surface area contributed by atoms with E-state index in [0.717, 1.165) is 4.68 Å². The van der Waals surface area contributed by atoms with E-state index in [-0.39, 0.29) is 22.1 Å². The van der Waals surface area contributed by atoms with Crippen molar-refractivity contribution in [1.82, 2.24) is 25.1 Å². The standard InChI is InChI=1S/C22H16ClF3N6O2/c1-11-9-14-12(5-3-7-28-14)17(21(34)27-2)18(11)30-20(33)15-10-16(22(24,25)26)31-32(15)19-13(23)6-4-8-29-19/h3-10H,1-2H3,(H,27,34)(H,30,33). The fraction of sp³-hybridized carbons (Fsp3) is 0.136. The summed E-state index contributed by atoms with van der Waals surface area (Å²) in [5.74, 6) is -1.61. The summed E-state index contributed by atoms with van der Waals surface area (Å²) in [7, 11) is 1.42. The maximum atomic E-state index is 13.4. The number of benzene rings is 1. The molecule has 0 aliphatic rings. The molecule has 0 radical (unpaired) electrons. The van der Waals surface area contributed by atoms with Gasteiger partial charge in [0.15, 0.2) is 11.5 Å². The van der Waals surface area contributed by atoms with Crippen molar-refractivity contribution in [3.63, 3.8) is 0 Å². The molecule has 3 heterocycles. The first-order valence-electron chi connectivity index (χ1n) is 9.81. The number of nitrogens with one attached hydrogen (secondary N) is 2. The maximum absolute atomic E-state index is 13.4. The molecule has 2 N–H and O–H groups in total. The summed E-state index contributed by atoms with van der Waals surface area (Å²) in [5, 5.41) is 9.05. The van der Waals surface area contributed by atoms with Crippen LogP contribution in [0.1, 0.15) is 32.1 Å². The third kappa shape index (κ3) is 4.17. The zero-order valence-corrected chi connectivity index (χ0v) is 18.5. The second kappa shape index (κ2) is 8.75. The van der Waals surface area contributed by atoms with Gasteiger partial charge in [0, 0.05) is 30.9 Å². The number of fused-ring (bicyclic) bond motifs is 1. The van der Waals surface area contributed by atoms with Gasteiger partial charge in [-0.15, -0.1) is 0 Å². The van der Waals surface area contributed by atoms with Gasteiger partial charge in [-0.3, -0.25) is 14.6 Å². The van der Waals surface area contributed by atoms with Crippen LogP contribution in [0.4, 0.5) is 18.9 Å². The molecule has 4 rings (SSSR count). The summed E-state index contributed by atoms with van der Waals surface area (Å²) in [6, 6.07) is 8.43. The van der Waals surface area contributed by atoms with Gasteiger partial charge < -0.3 is 10.6 Å². The number of aromatic nitrogens is 4. The van der Waals surface area contributed by atoms with Crippen LogP contribution in [-0.2, 0) is 6.18 Å². The molecule has 174 valence electrons. The Morgan fingerprint density at radius 2 is 1.76 bits per heavy atom. The average Bonchev–Trinajstić information content (AvgIpc) is 3.25. The lowest BCUT2D eigenvalue weighted by molar-refractivity contribution is -0.141. The van der Waals surface area contributed by atoms with E-state index in [9.17, 15) is 22.8 Å². The van der Waals surface area contributed by atoms with Gasteiger partial charge in [-0.05, 0) is 36.8 Å². The molecule has 0 unspecified atom stereocenters. The second-order valence-corrected chi connectivity index (χ2v) is 7.59. The van der Waals surface area contributed by atoms with Crippen molar-refractivity contribution in [2.24, 2.45) is 0 Å². The highest BCUT2D eigenvalue weighted by Crippen LogP contribution is 2.32. The van der Waals surface area contributed by atoms with Crippen molar-refractivity contribution in [3.05, 3.63) is 76.3 Å². The molecule has 0 bridgehead atoms. The number of carbonyl (C=O) groups is 2. The van der Waals surface area contributed by atoms with Crippen LogP contribution in [0.25, 0.3) is 16.7 Å². The molecule has 8 nitrogen and oxygen atoms in total. The highest BCUT2D eigenvalue weighted by Gasteiger charge is 2.37. The van der Waals surface area contributed by atoms with Crippen molar-refractivity contribution in [3.8, 4) is 5.82 Å². The van der Waals surface area contributed by atoms with Crippen molar-refractivity contribution in [2.45, 2.75) is 13.1 Å². The Morgan fingerprint density at radius 1 is 1.06 bits per heavy atom. The molecule has 0 atom stereocenters. The van der Waals surface area contributed by atoms with Crippen LogP contribution in [0, 0.1) is 6.92 Å². The van der Waals surface area contributed by atoms with Gasteiger partial charge >= 0.3 is 6.18 Å². The number of nitrogens with zero attached hydrogens (tertiary/aromatic N) is 4. The molecule has 12 heteroatoms.